The molecule has 2 aromatic carbocycles. The highest BCUT2D eigenvalue weighted by atomic mass is 32.3. The maximum Gasteiger partial charge on any atom is 0.255 e. The number of carbonyl (C=O) groups is 1. The van der Waals surface area contributed by atoms with Crippen molar-refractivity contribution in [1.29, 1.82) is 0 Å². The van der Waals surface area contributed by atoms with E-state index in [1.165, 1.54) is 19.6 Å². The lowest BCUT2D eigenvalue weighted by molar-refractivity contribution is 0.102. The minimum Gasteiger partial charge on any atom is -0.492 e. The van der Waals surface area contributed by atoms with E-state index in [4.69, 9.17) is 9.47 Å². The summed E-state index contributed by atoms with van der Waals surface area (Å²) in [5.74, 6) is 0.963. The second-order valence-corrected chi connectivity index (χ2v) is 16.2. The van der Waals surface area contributed by atoms with Gasteiger partial charge in [-0.3, -0.25) is 24.0 Å². The molecule has 0 aliphatic carbocycles. The van der Waals surface area contributed by atoms with Crippen LogP contribution in [0.2, 0.25) is 0 Å². The lowest BCUT2D eigenvalue weighted by atomic mass is 9.86. The van der Waals surface area contributed by atoms with Crippen molar-refractivity contribution in [2.24, 2.45) is 0 Å². The largest absolute Gasteiger partial charge is 0.492 e. The molecule has 0 radical (unpaired) electrons. The molecule has 3 aromatic rings. The van der Waals surface area contributed by atoms with Gasteiger partial charge in [-0.15, -0.1) is 9.53 Å². The molecule has 228 valence electrons. The molecular formula is C31H42N4O6S. The highest BCUT2D eigenvalue weighted by Gasteiger charge is 2.25. The number of aliphatic hydroxyl groups excluding tert-OH is 1. The third-order valence-electron chi connectivity index (χ3n) is 6.91. The highest BCUT2D eigenvalue weighted by molar-refractivity contribution is 8.15. The molecule has 0 spiro atoms. The minimum atomic E-state index is -4.16. The van der Waals surface area contributed by atoms with Crippen LogP contribution in [-0.4, -0.2) is 68.5 Å². The van der Waals surface area contributed by atoms with Gasteiger partial charge in [-0.05, 0) is 60.2 Å². The Morgan fingerprint density at radius 2 is 1.86 bits per heavy atom. The molecular weight excluding hydrogens is 556 g/mol. The van der Waals surface area contributed by atoms with Crippen molar-refractivity contribution in [1.82, 2.24) is 9.88 Å². The van der Waals surface area contributed by atoms with Gasteiger partial charge in [0, 0.05) is 50.0 Å². The van der Waals surface area contributed by atoms with Crippen LogP contribution in [0.5, 0.6) is 17.2 Å². The van der Waals surface area contributed by atoms with Gasteiger partial charge in [0.05, 0.1) is 30.3 Å². The standard InChI is InChI=1S/C31H42N4O6S/c1-20-8-9-21(14-28(20)41-25-10-12-32-23(17-25)18-35-13-11-24(36)19-35)30(37)33-26-15-22(31(2,3)4)16-27(29(26)40-5)34-42(6,7,38)39/h8-10,12,14-17,24,36H,11,13,18-19H2,1-7H3,(H,33,37)(H2,34,38,39)/t24-/m1/s1. The number of benzene rings is 2. The summed E-state index contributed by atoms with van der Waals surface area (Å²) in [5.41, 5.74) is 3.22. The summed E-state index contributed by atoms with van der Waals surface area (Å²) < 4.78 is 37.7. The number of anilines is 2. The van der Waals surface area contributed by atoms with E-state index in [0.29, 0.717) is 41.5 Å². The van der Waals surface area contributed by atoms with Crippen molar-refractivity contribution in [3.05, 3.63) is 71.0 Å². The van der Waals surface area contributed by atoms with Gasteiger partial charge in [-0.25, -0.2) is 0 Å². The number of aryl methyl sites for hydroxylation is 1. The average Bonchev–Trinajstić information content (AvgIpc) is 3.27. The number of ether oxygens (including phenoxy) is 2. The number of methoxy groups -OCH3 is 1. The predicted molar refractivity (Wildman–Crippen MR) is 167 cm³/mol. The Labute approximate surface area is 247 Å². The highest BCUT2D eigenvalue weighted by Crippen LogP contribution is 2.41. The zero-order chi connectivity index (χ0) is 30.9. The van der Waals surface area contributed by atoms with E-state index in [1.54, 1.807) is 30.5 Å². The summed E-state index contributed by atoms with van der Waals surface area (Å²) in [4.78, 5) is 20.1. The van der Waals surface area contributed by atoms with E-state index in [2.05, 4.69) is 19.9 Å². The van der Waals surface area contributed by atoms with Crippen LogP contribution >= 0.6 is 0 Å². The van der Waals surface area contributed by atoms with E-state index < -0.39 is 15.4 Å². The van der Waals surface area contributed by atoms with Gasteiger partial charge < -0.3 is 19.9 Å². The maximum absolute atomic E-state index is 13.5. The van der Waals surface area contributed by atoms with Gasteiger partial charge in [-0.2, -0.15) is 4.21 Å². The topological polar surface area (TPSA) is 133 Å². The van der Waals surface area contributed by atoms with Gasteiger partial charge in [0.2, 0.25) is 0 Å². The van der Waals surface area contributed by atoms with Gasteiger partial charge in [0.15, 0.2) is 5.75 Å². The van der Waals surface area contributed by atoms with Crippen LogP contribution in [0.1, 0.15) is 54.4 Å². The van der Waals surface area contributed by atoms with Crippen LogP contribution < -0.4 is 19.5 Å². The lowest BCUT2D eigenvalue weighted by Gasteiger charge is -2.37. The number of β-amino-alcohol motifs (C(OH)–C–C–N with tert-alkyl or cyclic N) is 1. The van der Waals surface area contributed by atoms with E-state index in [9.17, 15) is 18.7 Å². The smallest absolute Gasteiger partial charge is 0.255 e. The number of rotatable bonds is 9. The molecule has 1 aliphatic heterocycles. The van der Waals surface area contributed by atoms with Crippen molar-refractivity contribution < 1.29 is 28.1 Å². The van der Waals surface area contributed by atoms with E-state index in [-0.39, 0.29) is 17.3 Å². The Morgan fingerprint density at radius 3 is 2.48 bits per heavy atom. The Hall–Kier alpha value is -3.51. The molecule has 2 heterocycles. The summed E-state index contributed by atoms with van der Waals surface area (Å²) >= 11 is 0. The first-order chi connectivity index (χ1) is 19.5. The van der Waals surface area contributed by atoms with Crippen LogP contribution in [0, 0.1) is 6.92 Å². The number of hydrogen-bond donors (Lipinski definition) is 4. The molecule has 10 nitrogen and oxygen atoms in total. The summed E-state index contributed by atoms with van der Waals surface area (Å²) in [6, 6.07) is 12.4. The molecule has 0 saturated carbocycles. The van der Waals surface area contributed by atoms with Crippen molar-refractivity contribution in [2.45, 2.75) is 52.2 Å². The molecule has 1 fully saturated rings. The van der Waals surface area contributed by atoms with E-state index >= 15 is 0 Å². The summed E-state index contributed by atoms with van der Waals surface area (Å²) in [5, 5.41) is 12.7. The fourth-order valence-corrected chi connectivity index (χ4v) is 5.51. The Balaban J connectivity index is 1.60. The molecule has 42 heavy (non-hydrogen) atoms. The zero-order valence-electron chi connectivity index (χ0n) is 25.4. The predicted octanol–water partition coefficient (Wildman–Crippen LogP) is 5.19. The molecule has 1 aliphatic rings. The first kappa shape index (κ1) is 31.4. The molecule has 1 saturated heterocycles. The van der Waals surface area contributed by atoms with E-state index in [1.807, 2.05) is 45.9 Å². The minimum absolute atomic E-state index is 0.242. The van der Waals surface area contributed by atoms with E-state index in [0.717, 1.165) is 29.8 Å². The Morgan fingerprint density at radius 1 is 1.14 bits per heavy atom. The number of nitrogens with zero attached hydrogens (tertiary/aromatic N) is 2. The van der Waals surface area contributed by atoms with Crippen LogP contribution in [0.15, 0.2) is 48.7 Å². The number of aromatic nitrogens is 1. The van der Waals surface area contributed by atoms with Crippen molar-refractivity contribution in [3.63, 3.8) is 0 Å². The number of nitrogens with one attached hydrogen (secondary N) is 2. The number of aliphatic hydroxyl groups is 1. The summed E-state index contributed by atoms with van der Waals surface area (Å²) in [6.45, 7) is 10.00. The first-order valence-corrected chi connectivity index (χ1v) is 16.5. The van der Waals surface area contributed by atoms with Crippen LogP contribution in [0.25, 0.3) is 0 Å². The average molecular weight is 599 g/mol. The third-order valence-corrected chi connectivity index (χ3v) is 7.71. The fraction of sp³-hybridized carbons (Fsp3) is 0.419. The maximum atomic E-state index is 13.5. The quantitative estimate of drug-likeness (QED) is 0.265. The van der Waals surface area contributed by atoms with Crippen molar-refractivity contribution >= 4 is 26.8 Å². The third kappa shape index (κ3) is 8.28. The second kappa shape index (κ2) is 11.6. The van der Waals surface area contributed by atoms with Crippen LogP contribution in [0.4, 0.5) is 11.4 Å². The molecule has 1 amide bonds. The Kier molecular flexibility index (Phi) is 8.71. The number of amides is 1. The molecule has 0 bridgehead atoms. The Bertz CT molecular complexity index is 1530. The van der Waals surface area contributed by atoms with Crippen LogP contribution in [-0.2, 0) is 21.5 Å². The number of carbonyl (C=O) groups excluding carboxylic acids is 1. The van der Waals surface area contributed by atoms with Gasteiger partial charge in [0.25, 0.3) is 5.91 Å². The number of hydrogen-bond acceptors (Lipinski definition) is 7. The molecule has 0 unspecified atom stereocenters. The molecule has 11 heteroatoms. The SMILES string of the molecule is COc1c(NC(=O)c2ccc(C)c(Oc3ccnc(CN4CC[C@@H](O)C4)c3)c2)cc(C(C)(C)C)cc1NS(C)(C)(=O)O. The molecule has 1 aromatic heterocycles. The van der Waals surface area contributed by atoms with Crippen molar-refractivity contribution in [2.75, 3.05) is 42.7 Å². The van der Waals surface area contributed by atoms with Crippen molar-refractivity contribution in [3.8, 4) is 17.2 Å². The fourth-order valence-electron chi connectivity index (χ4n) is 4.73. The normalized spacial score (nSPS) is 16.9. The summed E-state index contributed by atoms with van der Waals surface area (Å²) in [7, 11) is -2.72. The van der Waals surface area contributed by atoms with Gasteiger partial charge in [0.1, 0.15) is 11.5 Å². The molecule has 4 N–H and O–H groups in total. The zero-order valence-corrected chi connectivity index (χ0v) is 26.2. The lowest BCUT2D eigenvalue weighted by Crippen LogP contribution is -2.37. The number of likely N-dealkylation sites (tertiary alicyclic amines) is 1. The first-order valence-electron chi connectivity index (χ1n) is 13.8. The van der Waals surface area contributed by atoms with Crippen LogP contribution in [0.3, 0.4) is 0 Å². The monoisotopic (exact) mass is 598 g/mol. The van der Waals surface area contributed by atoms with Gasteiger partial charge >= 0.3 is 0 Å². The molecule has 4 rings (SSSR count). The second-order valence-electron chi connectivity index (χ2n) is 12.4. The molecule has 1 atom stereocenters. The summed E-state index contributed by atoms with van der Waals surface area (Å²) in [6.07, 6.45) is 4.58. The van der Waals surface area contributed by atoms with Gasteiger partial charge in [-0.1, -0.05) is 26.8 Å². The number of pyridine rings is 1.